The van der Waals surface area contributed by atoms with Gasteiger partial charge in [0.25, 0.3) is 0 Å². The Labute approximate surface area is 118 Å². The van der Waals surface area contributed by atoms with E-state index in [0.29, 0.717) is 6.61 Å². The topological polar surface area (TPSA) is 67.4 Å². The third kappa shape index (κ3) is 2.92. The number of rotatable bonds is 3. The summed E-state index contributed by atoms with van der Waals surface area (Å²) in [6.45, 7) is 5.92. The van der Waals surface area contributed by atoms with Crippen LogP contribution < -0.4 is 10.6 Å². The summed E-state index contributed by atoms with van der Waals surface area (Å²) in [6, 6.07) is 6.91. The number of benzene rings is 1. The van der Waals surface area contributed by atoms with E-state index in [9.17, 15) is 9.59 Å². The summed E-state index contributed by atoms with van der Waals surface area (Å²) >= 11 is 0. The molecule has 2 rings (SSSR count). The lowest BCUT2D eigenvalue weighted by Gasteiger charge is -2.36. The van der Waals surface area contributed by atoms with Crippen molar-refractivity contribution in [3.05, 3.63) is 35.4 Å². The highest BCUT2D eigenvalue weighted by Gasteiger charge is 2.40. The highest BCUT2D eigenvalue weighted by molar-refractivity contribution is 5.82. The molecule has 2 amide bonds. The minimum absolute atomic E-state index is 0.261. The van der Waals surface area contributed by atoms with E-state index >= 15 is 0 Å². The monoisotopic (exact) mass is 276 g/mol. The van der Waals surface area contributed by atoms with Gasteiger partial charge in [-0.05, 0) is 26.3 Å². The molecule has 1 aromatic carbocycles. The number of urea groups is 1. The summed E-state index contributed by atoms with van der Waals surface area (Å²) in [7, 11) is 0. The standard InChI is InChI=1S/C15H20N2O3/c1-4-20-14(18)12-10(3)16-15(19)17-13(12)11-7-5-9(2)6-8-11/h5-8,10,12-13H,4H2,1-3H3,(H2,16,17,19). The van der Waals surface area contributed by atoms with Gasteiger partial charge < -0.3 is 15.4 Å². The number of amides is 2. The van der Waals surface area contributed by atoms with Gasteiger partial charge in [0.05, 0.1) is 12.6 Å². The first-order valence-electron chi connectivity index (χ1n) is 6.83. The molecule has 1 heterocycles. The van der Waals surface area contributed by atoms with Crippen molar-refractivity contribution < 1.29 is 14.3 Å². The van der Waals surface area contributed by atoms with Gasteiger partial charge >= 0.3 is 12.0 Å². The maximum atomic E-state index is 12.2. The van der Waals surface area contributed by atoms with Crippen molar-refractivity contribution >= 4 is 12.0 Å². The second kappa shape index (κ2) is 5.94. The third-order valence-corrected chi connectivity index (χ3v) is 3.54. The van der Waals surface area contributed by atoms with Crippen LogP contribution in [0.2, 0.25) is 0 Å². The molecule has 0 aromatic heterocycles. The quantitative estimate of drug-likeness (QED) is 0.829. The third-order valence-electron chi connectivity index (χ3n) is 3.54. The molecule has 1 saturated heterocycles. The fourth-order valence-electron chi connectivity index (χ4n) is 2.50. The lowest BCUT2D eigenvalue weighted by molar-refractivity contribution is -0.150. The SMILES string of the molecule is CCOC(=O)C1C(C)NC(=O)NC1c1ccc(C)cc1. The maximum absolute atomic E-state index is 12.2. The van der Waals surface area contributed by atoms with E-state index in [4.69, 9.17) is 4.74 Å². The van der Waals surface area contributed by atoms with Crippen LogP contribution in [0.25, 0.3) is 0 Å². The van der Waals surface area contributed by atoms with Crippen LogP contribution in [0.15, 0.2) is 24.3 Å². The molecular weight excluding hydrogens is 256 g/mol. The molecular formula is C15H20N2O3. The van der Waals surface area contributed by atoms with Gasteiger partial charge in [0.1, 0.15) is 5.92 Å². The molecule has 0 radical (unpaired) electrons. The number of carbonyl (C=O) groups excluding carboxylic acids is 2. The van der Waals surface area contributed by atoms with Gasteiger partial charge in [-0.3, -0.25) is 4.79 Å². The van der Waals surface area contributed by atoms with Crippen molar-refractivity contribution in [2.24, 2.45) is 5.92 Å². The zero-order chi connectivity index (χ0) is 14.7. The van der Waals surface area contributed by atoms with Crippen LogP contribution in [-0.2, 0) is 9.53 Å². The summed E-state index contributed by atoms with van der Waals surface area (Å²) in [5.41, 5.74) is 2.05. The minimum Gasteiger partial charge on any atom is -0.466 e. The van der Waals surface area contributed by atoms with Crippen molar-refractivity contribution in [1.82, 2.24) is 10.6 Å². The molecule has 1 aliphatic heterocycles. The van der Waals surface area contributed by atoms with Crippen molar-refractivity contribution in [3.63, 3.8) is 0 Å². The first-order chi connectivity index (χ1) is 9.52. The summed E-state index contributed by atoms with van der Waals surface area (Å²) in [5.74, 6) is -0.728. The molecule has 2 N–H and O–H groups in total. The molecule has 3 unspecified atom stereocenters. The molecule has 0 aliphatic carbocycles. The number of nitrogens with one attached hydrogen (secondary N) is 2. The summed E-state index contributed by atoms with van der Waals surface area (Å²) in [5, 5.41) is 5.55. The number of ether oxygens (including phenoxy) is 1. The van der Waals surface area contributed by atoms with E-state index in [1.54, 1.807) is 6.92 Å². The second-order valence-electron chi connectivity index (χ2n) is 5.07. The summed E-state index contributed by atoms with van der Waals surface area (Å²) < 4.78 is 5.13. The lowest BCUT2D eigenvalue weighted by atomic mass is 9.86. The van der Waals surface area contributed by atoms with Crippen molar-refractivity contribution in [1.29, 1.82) is 0 Å². The molecule has 5 nitrogen and oxygen atoms in total. The Morgan fingerprint density at radius 3 is 2.50 bits per heavy atom. The van der Waals surface area contributed by atoms with Crippen LogP contribution in [0.4, 0.5) is 4.79 Å². The van der Waals surface area contributed by atoms with E-state index in [2.05, 4.69) is 10.6 Å². The van der Waals surface area contributed by atoms with Crippen LogP contribution in [0.3, 0.4) is 0 Å². The van der Waals surface area contributed by atoms with E-state index < -0.39 is 5.92 Å². The number of hydrogen-bond acceptors (Lipinski definition) is 3. The van der Waals surface area contributed by atoms with Crippen LogP contribution in [-0.4, -0.2) is 24.6 Å². The van der Waals surface area contributed by atoms with E-state index in [-0.39, 0.29) is 24.1 Å². The molecule has 1 aromatic rings. The number of aryl methyl sites for hydroxylation is 1. The van der Waals surface area contributed by atoms with Crippen molar-refractivity contribution in [2.75, 3.05) is 6.61 Å². The van der Waals surface area contributed by atoms with Gasteiger partial charge in [-0.25, -0.2) is 4.79 Å². The molecule has 5 heteroatoms. The zero-order valence-corrected chi connectivity index (χ0v) is 12.0. The predicted octanol–water partition coefficient (Wildman–Crippen LogP) is 1.92. The molecule has 20 heavy (non-hydrogen) atoms. The van der Waals surface area contributed by atoms with Gasteiger partial charge in [0.2, 0.25) is 0 Å². The fraction of sp³-hybridized carbons (Fsp3) is 0.467. The molecule has 1 aliphatic rings. The average molecular weight is 276 g/mol. The number of carbonyl (C=O) groups is 2. The highest BCUT2D eigenvalue weighted by Crippen LogP contribution is 2.29. The lowest BCUT2D eigenvalue weighted by Crippen LogP contribution is -2.57. The van der Waals surface area contributed by atoms with Gasteiger partial charge in [-0.2, -0.15) is 0 Å². The van der Waals surface area contributed by atoms with E-state index in [1.807, 2.05) is 38.1 Å². The van der Waals surface area contributed by atoms with Gasteiger partial charge in [-0.1, -0.05) is 29.8 Å². The first-order valence-corrected chi connectivity index (χ1v) is 6.83. The summed E-state index contributed by atoms with van der Waals surface area (Å²) in [6.07, 6.45) is 0. The predicted molar refractivity (Wildman–Crippen MR) is 75.2 cm³/mol. The normalized spacial score (nSPS) is 25.6. The van der Waals surface area contributed by atoms with Crippen LogP contribution >= 0.6 is 0 Å². The number of hydrogen-bond donors (Lipinski definition) is 2. The van der Waals surface area contributed by atoms with Crippen molar-refractivity contribution in [3.8, 4) is 0 Å². The average Bonchev–Trinajstić information content (AvgIpc) is 2.38. The highest BCUT2D eigenvalue weighted by atomic mass is 16.5. The molecule has 108 valence electrons. The Morgan fingerprint density at radius 1 is 1.25 bits per heavy atom. The minimum atomic E-state index is -0.435. The number of esters is 1. The van der Waals surface area contributed by atoms with E-state index in [1.165, 1.54) is 0 Å². The Hall–Kier alpha value is -2.04. The summed E-state index contributed by atoms with van der Waals surface area (Å²) in [4.78, 5) is 23.8. The van der Waals surface area contributed by atoms with Gasteiger partial charge in [0, 0.05) is 6.04 Å². The second-order valence-corrected chi connectivity index (χ2v) is 5.07. The molecule has 0 saturated carbocycles. The van der Waals surface area contributed by atoms with Crippen LogP contribution in [0.5, 0.6) is 0 Å². The van der Waals surface area contributed by atoms with Crippen molar-refractivity contribution in [2.45, 2.75) is 32.9 Å². The van der Waals surface area contributed by atoms with Gasteiger partial charge in [-0.15, -0.1) is 0 Å². The van der Waals surface area contributed by atoms with Crippen LogP contribution in [0.1, 0.15) is 31.0 Å². The smallest absolute Gasteiger partial charge is 0.315 e. The molecule has 0 spiro atoms. The largest absolute Gasteiger partial charge is 0.466 e. The Bertz CT molecular complexity index is 498. The zero-order valence-electron chi connectivity index (χ0n) is 12.0. The van der Waals surface area contributed by atoms with E-state index in [0.717, 1.165) is 11.1 Å². The fourth-order valence-corrected chi connectivity index (χ4v) is 2.50. The van der Waals surface area contributed by atoms with Gasteiger partial charge in [0.15, 0.2) is 0 Å². The van der Waals surface area contributed by atoms with Crippen LogP contribution in [0, 0.1) is 12.8 Å². The maximum Gasteiger partial charge on any atom is 0.315 e. The molecule has 3 atom stereocenters. The first kappa shape index (κ1) is 14.4. The Morgan fingerprint density at radius 2 is 1.90 bits per heavy atom. The Balaban J connectivity index is 2.31. The Kier molecular flexibility index (Phi) is 4.27. The molecule has 1 fully saturated rings. The molecule has 0 bridgehead atoms.